The van der Waals surface area contributed by atoms with Crippen LogP contribution in [0.25, 0.3) is 0 Å². The quantitative estimate of drug-likeness (QED) is 0.494. The number of rotatable bonds is 0. The second-order valence-electron chi connectivity index (χ2n) is 3.36. The van der Waals surface area contributed by atoms with Gasteiger partial charge in [0.15, 0.2) is 0 Å². The molecule has 75 valence electrons. The predicted octanol–water partition coefficient (Wildman–Crippen LogP) is 4.38. The Morgan fingerprint density at radius 1 is 0.500 bits per heavy atom. The van der Waals surface area contributed by atoms with Gasteiger partial charge >= 0.3 is 0 Å². The Bertz CT molecular complexity index is 204. The van der Waals surface area contributed by atoms with Crippen LogP contribution in [0.4, 0.5) is 0 Å². The van der Waals surface area contributed by atoms with Gasteiger partial charge in [0.2, 0.25) is 0 Å². The highest BCUT2D eigenvalue weighted by atomic mass is 13.9. The minimum absolute atomic E-state index is 1.06. The fraction of sp³-hybridized carbons (Fsp3) is 0.357. The van der Waals surface area contributed by atoms with Crippen LogP contribution < -0.4 is 0 Å². The van der Waals surface area contributed by atoms with Gasteiger partial charge in [-0.25, -0.2) is 0 Å². The van der Waals surface area contributed by atoms with E-state index in [1.165, 1.54) is 0 Å². The predicted molar refractivity (Wildman–Crippen MR) is 63.9 cm³/mol. The van der Waals surface area contributed by atoms with E-state index in [2.05, 4.69) is 55.0 Å². The van der Waals surface area contributed by atoms with Crippen LogP contribution in [-0.2, 0) is 0 Å². The summed E-state index contributed by atoms with van der Waals surface area (Å²) in [6.45, 7) is 0. The molecule has 0 amide bonds. The molecule has 1 aliphatic rings. The van der Waals surface area contributed by atoms with E-state index in [0.717, 1.165) is 32.1 Å². The highest BCUT2D eigenvalue weighted by molar-refractivity contribution is 5.03. The lowest BCUT2D eigenvalue weighted by molar-refractivity contribution is 0.996. The number of allylic oxidation sites excluding steroid dienone is 8. The molecule has 0 aromatic rings. The molecule has 14 heavy (non-hydrogen) atoms. The van der Waals surface area contributed by atoms with Crippen molar-refractivity contribution in [3.05, 3.63) is 55.0 Å². The van der Waals surface area contributed by atoms with Crippen molar-refractivity contribution in [1.82, 2.24) is 0 Å². The third-order valence-electron chi connectivity index (χ3n) is 2.09. The highest BCUT2D eigenvalue weighted by Crippen LogP contribution is 2.01. The molecule has 0 saturated heterocycles. The molecular formula is C14H19. The molecule has 0 spiro atoms. The molecule has 0 atom stereocenters. The SMILES string of the molecule is [CH]1/C=C/C/C=C/C/C=C/C/C=C/CC1. The molecule has 0 bridgehead atoms. The summed E-state index contributed by atoms with van der Waals surface area (Å²) in [5.74, 6) is 0. The molecule has 0 unspecified atom stereocenters. The van der Waals surface area contributed by atoms with Crippen LogP contribution >= 0.6 is 0 Å². The summed E-state index contributed by atoms with van der Waals surface area (Å²) < 4.78 is 0. The Morgan fingerprint density at radius 3 is 1.79 bits per heavy atom. The normalized spacial score (nSPS) is 28.6. The maximum Gasteiger partial charge on any atom is -0.0167 e. The van der Waals surface area contributed by atoms with Gasteiger partial charge in [-0.15, -0.1) is 0 Å². The van der Waals surface area contributed by atoms with Crippen molar-refractivity contribution in [2.45, 2.75) is 32.1 Å². The van der Waals surface area contributed by atoms with Crippen molar-refractivity contribution >= 4 is 0 Å². The summed E-state index contributed by atoms with van der Waals surface area (Å²) in [5.41, 5.74) is 0. The lowest BCUT2D eigenvalue weighted by Gasteiger charge is -1.91. The third-order valence-corrected chi connectivity index (χ3v) is 2.09. The smallest absolute Gasteiger partial charge is 0.0167 e. The van der Waals surface area contributed by atoms with Crippen LogP contribution in [0.2, 0.25) is 0 Å². The molecule has 0 N–H and O–H groups in total. The van der Waals surface area contributed by atoms with E-state index in [1.807, 2.05) is 0 Å². The van der Waals surface area contributed by atoms with Crippen molar-refractivity contribution in [3.63, 3.8) is 0 Å². The summed E-state index contributed by atoms with van der Waals surface area (Å²) in [7, 11) is 0. The van der Waals surface area contributed by atoms with Gasteiger partial charge in [-0.1, -0.05) is 48.6 Å². The van der Waals surface area contributed by atoms with Crippen molar-refractivity contribution in [1.29, 1.82) is 0 Å². The van der Waals surface area contributed by atoms with Crippen molar-refractivity contribution in [2.75, 3.05) is 0 Å². The first-order valence-electron chi connectivity index (χ1n) is 5.43. The average Bonchev–Trinajstić information content (AvgIpc) is 2.22. The molecular weight excluding hydrogens is 168 g/mol. The number of hydrogen-bond acceptors (Lipinski definition) is 0. The largest absolute Gasteiger partial charge is 0.0882 e. The topological polar surface area (TPSA) is 0 Å². The summed E-state index contributed by atoms with van der Waals surface area (Å²) in [6, 6.07) is 0. The number of hydrogen-bond donors (Lipinski definition) is 0. The maximum atomic E-state index is 2.26. The maximum absolute atomic E-state index is 2.26. The van der Waals surface area contributed by atoms with E-state index in [-0.39, 0.29) is 0 Å². The third kappa shape index (κ3) is 6.47. The van der Waals surface area contributed by atoms with Gasteiger partial charge in [0.1, 0.15) is 0 Å². The monoisotopic (exact) mass is 187 g/mol. The molecule has 1 radical (unpaired) electrons. The van der Waals surface area contributed by atoms with Crippen molar-refractivity contribution in [2.24, 2.45) is 0 Å². The van der Waals surface area contributed by atoms with Crippen LogP contribution in [0.5, 0.6) is 0 Å². The van der Waals surface area contributed by atoms with E-state index in [4.69, 9.17) is 0 Å². The summed E-state index contributed by atoms with van der Waals surface area (Å²) in [4.78, 5) is 0. The van der Waals surface area contributed by atoms with E-state index >= 15 is 0 Å². The van der Waals surface area contributed by atoms with Crippen LogP contribution in [0, 0.1) is 6.42 Å². The van der Waals surface area contributed by atoms with Gasteiger partial charge in [0.25, 0.3) is 0 Å². The van der Waals surface area contributed by atoms with E-state index in [1.54, 1.807) is 0 Å². The Kier molecular flexibility index (Phi) is 6.74. The van der Waals surface area contributed by atoms with Gasteiger partial charge in [-0.3, -0.25) is 0 Å². The zero-order valence-electron chi connectivity index (χ0n) is 8.73. The molecule has 1 rings (SSSR count). The first-order valence-corrected chi connectivity index (χ1v) is 5.43. The van der Waals surface area contributed by atoms with Gasteiger partial charge in [-0.2, -0.15) is 0 Å². The van der Waals surface area contributed by atoms with Gasteiger partial charge in [0.05, 0.1) is 0 Å². The van der Waals surface area contributed by atoms with Gasteiger partial charge in [-0.05, 0) is 38.5 Å². The van der Waals surface area contributed by atoms with Gasteiger partial charge < -0.3 is 0 Å². The average molecular weight is 187 g/mol. The minimum atomic E-state index is 1.06. The van der Waals surface area contributed by atoms with Gasteiger partial charge in [0, 0.05) is 0 Å². The first kappa shape index (κ1) is 11.0. The fourth-order valence-electron chi connectivity index (χ4n) is 1.30. The Labute approximate surface area is 87.7 Å². The Morgan fingerprint density at radius 2 is 1.07 bits per heavy atom. The lowest BCUT2D eigenvalue weighted by atomic mass is 10.2. The second kappa shape index (κ2) is 8.55. The standard InChI is InChI=1S/C14H19/c1-2-4-6-8-10-12-14-13-11-9-7-5-3-1/h1-3,6,8-9,11-12,14H,4-5,7,10,13H2/b2-1+,8-6+,11-9+,14-12+. The summed E-state index contributed by atoms with van der Waals surface area (Å²) in [5, 5.41) is 0. The zero-order chi connectivity index (χ0) is 9.90. The molecule has 0 heterocycles. The molecule has 0 fully saturated rings. The zero-order valence-corrected chi connectivity index (χ0v) is 8.73. The van der Waals surface area contributed by atoms with Crippen LogP contribution in [0.1, 0.15) is 32.1 Å². The summed E-state index contributed by atoms with van der Waals surface area (Å²) in [6.07, 6.45) is 25.5. The van der Waals surface area contributed by atoms with Crippen molar-refractivity contribution in [3.8, 4) is 0 Å². The summed E-state index contributed by atoms with van der Waals surface area (Å²) >= 11 is 0. The molecule has 0 nitrogen and oxygen atoms in total. The Balaban J connectivity index is 2.34. The molecule has 0 aromatic heterocycles. The molecule has 0 heteroatoms. The van der Waals surface area contributed by atoms with Crippen LogP contribution in [0.3, 0.4) is 0 Å². The van der Waals surface area contributed by atoms with E-state index < -0.39 is 0 Å². The second-order valence-corrected chi connectivity index (χ2v) is 3.36. The fourth-order valence-corrected chi connectivity index (χ4v) is 1.30. The van der Waals surface area contributed by atoms with Crippen LogP contribution in [0.15, 0.2) is 48.6 Å². The van der Waals surface area contributed by atoms with Crippen molar-refractivity contribution < 1.29 is 0 Å². The highest BCUT2D eigenvalue weighted by Gasteiger charge is 1.81. The van der Waals surface area contributed by atoms with Crippen LogP contribution in [-0.4, -0.2) is 0 Å². The minimum Gasteiger partial charge on any atom is -0.0882 e. The first-order chi connectivity index (χ1) is 7.00. The van der Waals surface area contributed by atoms with E-state index in [9.17, 15) is 0 Å². The molecule has 0 aliphatic heterocycles. The molecule has 0 saturated carbocycles. The Hall–Kier alpha value is -1.04. The lowest BCUT2D eigenvalue weighted by Crippen LogP contribution is -1.71. The molecule has 0 aromatic carbocycles. The van der Waals surface area contributed by atoms with E-state index in [0.29, 0.717) is 0 Å². The molecule has 1 aliphatic carbocycles.